The Morgan fingerprint density at radius 3 is 1.95 bits per heavy atom. The first-order chi connectivity index (χ1) is 29.2. The number of H-pyrrole nitrogens is 1. The van der Waals surface area contributed by atoms with Crippen LogP contribution in [-0.2, 0) is 30.5 Å². The summed E-state index contributed by atoms with van der Waals surface area (Å²) in [7, 11) is 0. The number of carbonyl (C=O) groups excluding carboxylic acids is 1. The molecular weight excluding hydrogens is 758 g/mol. The molecule has 0 saturated carbocycles. The molecule has 0 bridgehead atoms. The predicted octanol–water partition coefficient (Wildman–Crippen LogP) is 9.50. The third-order valence-corrected chi connectivity index (χ3v) is 11.8. The number of aromatic amines is 1. The van der Waals surface area contributed by atoms with Crippen molar-refractivity contribution in [2.45, 2.75) is 31.7 Å². The van der Waals surface area contributed by atoms with Gasteiger partial charge in [-0.25, -0.2) is 0 Å². The second-order valence-electron chi connectivity index (χ2n) is 15.7. The number of fused-ring (bicyclic) bond motifs is 1. The lowest BCUT2D eigenvalue weighted by Gasteiger charge is -2.40. The molecule has 10 heteroatoms. The van der Waals surface area contributed by atoms with Crippen LogP contribution in [0.2, 0.25) is 0 Å². The van der Waals surface area contributed by atoms with Crippen LogP contribution in [-0.4, -0.2) is 84.0 Å². The average Bonchev–Trinajstić information content (AvgIpc) is 3.70. The van der Waals surface area contributed by atoms with E-state index in [1.54, 1.807) is 6.08 Å². The smallest absolute Gasteiger partial charge is 0.368 e. The summed E-state index contributed by atoms with van der Waals surface area (Å²) in [5.74, 6) is 0.0247. The molecule has 0 spiro atoms. The van der Waals surface area contributed by atoms with E-state index >= 15 is 4.79 Å². The summed E-state index contributed by atoms with van der Waals surface area (Å²) in [6.07, 6.45) is 1.59. The Hall–Kier alpha value is -6.26. The van der Waals surface area contributed by atoms with Gasteiger partial charge in [-0.2, -0.15) is 13.2 Å². The van der Waals surface area contributed by atoms with Crippen LogP contribution < -0.4 is 9.80 Å². The Labute approximate surface area is 350 Å². The Kier molecular flexibility index (Phi) is 12.4. The third-order valence-electron chi connectivity index (χ3n) is 11.8. The molecule has 2 aliphatic heterocycles. The molecule has 6 aromatic rings. The highest BCUT2D eigenvalue weighted by Crippen LogP contribution is 2.30. The van der Waals surface area contributed by atoms with Crippen molar-refractivity contribution in [3.63, 3.8) is 0 Å². The highest BCUT2D eigenvalue weighted by molar-refractivity contribution is 5.86. The molecule has 2 aliphatic rings. The first-order valence-corrected chi connectivity index (χ1v) is 20.7. The Morgan fingerprint density at radius 2 is 1.30 bits per heavy atom. The van der Waals surface area contributed by atoms with Crippen LogP contribution in [0.15, 0.2) is 158 Å². The average molecular weight is 809 g/mol. The first-order valence-electron chi connectivity index (χ1n) is 20.7. The third kappa shape index (κ3) is 9.77. The largest absolute Gasteiger partial charge is 0.416 e. The minimum absolute atomic E-state index is 0.0247. The van der Waals surface area contributed by atoms with Gasteiger partial charge in [-0.3, -0.25) is 9.69 Å². The van der Waals surface area contributed by atoms with Crippen molar-refractivity contribution in [2.24, 2.45) is 0 Å². The molecule has 1 N–H and O–H groups in total. The minimum atomic E-state index is -4.42. The van der Waals surface area contributed by atoms with Crippen molar-refractivity contribution < 1.29 is 18.0 Å². The van der Waals surface area contributed by atoms with E-state index in [1.807, 2.05) is 47.5 Å². The van der Waals surface area contributed by atoms with Crippen molar-refractivity contribution >= 4 is 34.3 Å². The van der Waals surface area contributed by atoms with Crippen LogP contribution >= 0.6 is 0 Å². The Bertz CT molecular complexity index is 2360. The quantitative estimate of drug-likeness (QED) is 0.118. The molecule has 8 rings (SSSR count). The summed E-state index contributed by atoms with van der Waals surface area (Å²) in [5, 5.41) is 1.06. The SMILES string of the molecule is C=C(/C=C/c1ccc(C(F)(F)F)cc1)N(Cc1ccc(N2CCN(c3ccccc3)CC2)cc1)[C@@H](Cc1c[nH]c2ccccc12)C(=O)N1CCN(Cc2ccccc2)CC1. The number of aromatic nitrogens is 1. The number of halogens is 3. The molecule has 1 amide bonds. The van der Waals surface area contributed by atoms with Crippen LogP contribution in [0.25, 0.3) is 17.0 Å². The predicted molar refractivity (Wildman–Crippen MR) is 237 cm³/mol. The topological polar surface area (TPSA) is 49.1 Å². The van der Waals surface area contributed by atoms with Gasteiger partial charge in [0, 0.05) is 106 Å². The fourth-order valence-corrected chi connectivity index (χ4v) is 8.37. The second kappa shape index (κ2) is 18.3. The van der Waals surface area contributed by atoms with E-state index < -0.39 is 17.8 Å². The van der Waals surface area contributed by atoms with Crippen molar-refractivity contribution in [3.05, 3.63) is 186 Å². The van der Waals surface area contributed by atoms with Gasteiger partial charge in [-0.05, 0) is 70.8 Å². The lowest BCUT2D eigenvalue weighted by molar-refractivity contribution is -0.138. The summed E-state index contributed by atoms with van der Waals surface area (Å²) in [5.41, 5.74) is 7.20. The van der Waals surface area contributed by atoms with E-state index in [9.17, 15) is 13.2 Å². The van der Waals surface area contributed by atoms with E-state index in [0.29, 0.717) is 37.3 Å². The lowest BCUT2D eigenvalue weighted by atomic mass is 10.00. The molecule has 2 fully saturated rings. The van der Waals surface area contributed by atoms with E-state index in [-0.39, 0.29) is 5.91 Å². The van der Waals surface area contributed by atoms with Crippen molar-refractivity contribution in [3.8, 4) is 0 Å². The summed E-state index contributed by atoms with van der Waals surface area (Å²) in [6.45, 7) is 12.1. The minimum Gasteiger partial charge on any atom is -0.368 e. The number of carbonyl (C=O) groups is 1. The van der Waals surface area contributed by atoms with Crippen LogP contribution in [0, 0.1) is 0 Å². The number of rotatable bonds is 13. The molecule has 7 nitrogen and oxygen atoms in total. The molecule has 5 aromatic carbocycles. The zero-order valence-corrected chi connectivity index (χ0v) is 33.8. The van der Waals surface area contributed by atoms with Gasteiger partial charge in [0.05, 0.1) is 5.56 Å². The number of anilines is 2. The highest BCUT2D eigenvalue weighted by Gasteiger charge is 2.34. The maximum Gasteiger partial charge on any atom is 0.416 e. The number of nitrogens with one attached hydrogen (secondary N) is 1. The monoisotopic (exact) mass is 808 g/mol. The van der Waals surface area contributed by atoms with Gasteiger partial charge >= 0.3 is 6.18 Å². The van der Waals surface area contributed by atoms with E-state index in [1.165, 1.54) is 23.4 Å². The standard InChI is InChI=1S/C50H51F3N6O/c1-38(16-17-39-18-22-43(23-19-39)50(51,52)53)59(37-41-20-24-45(25-21-41)57-32-30-56(31-33-57)44-12-6-3-7-13-44)48(34-42-35-54-47-15-9-8-14-46(42)47)49(60)58-28-26-55(27-29-58)36-40-10-4-2-5-11-40/h2-25,35,48,54H,1,26-34,36-37H2/b17-16+/t48-/m0/s1. The molecule has 0 aliphatic carbocycles. The van der Waals surface area contributed by atoms with Gasteiger partial charge in [-0.1, -0.05) is 104 Å². The number of alkyl halides is 3. The molecule has 2 saturated heterocycles. The lowest BCUT2D eigenvalue weighted by Crippen LogP contribution is -2.55. The molecule has 60 heavy (non-hydrogen) atoms. The van der Waals surface area contributed by atoms with Gasteiger partial charge in [0.1, 0.15) is 6.04 Å². The zero-order valence-electron chi connectivity index (χ0n) is 33.8. The highest BCUT2D eigenvalue weighted by atomic mass is 19.4. The first kappa shape index (κ1) is 40.5. The van der Waals surface area contributed by atoms with Gasteiger partial charge in [-0.15, -0.1) is 0 Å². The van der Waals surface area contributed by atoms with Crippen LogP contribution in [0.1, 0.15) is 27.8 Å². The van der Waals surface area contributed by atoms with Crippen LogP contribution in [0.4, 0.5) is 24.5 Å². The Morgan fingerprint density at radius 1 is 0.700 bits per heavy atom. The summed E-state index contributed by atoms with van der Waals surface area (Å²) >= 11 is 0. The molecule has 1 atom stereocenters. The van der Waals surface area contributed by atoms with E-state index in [0.717, 1.165) is 85.7 Å². The van der Waals surface area contributed by atoms with Crippen molar-refractivity contribution in [1.29, 1.82) is 0 Å². The molecule has 3 heterocycles. The van der Waals surface area contributed by atoms with E-state index in [4.69, 9.17) is 0 Å². The normalized spacial score (nSPS) is 15.8. The van der Waals surface area contributed by atoms with Crippen LogP contribution in [0.5, 0.6) is 0 Å². The van der Waals surface area contributed by atoms with Crippen molar-refractivity contribution in [1.82, 2.24) is 19.7 Å². The fourth-order valence-electron chi connectivity index (χ4n) is 8.37. The molecule has 0 radical (unpaired) electrons. The van der Waals surface area contributed by atoms with Gasteiger partial charge in [0.15, 0.2) is 0 Å². The number of amides is 1. The van der Waals surface area contributed by atoms with E-state index in [2.05, 4.69) is 110 Å². The summed E-state index contributed by atoms with van der Waals surface area (Å²) in [6, 6.07) is 42.1. The number of allylic oxidation sites excluding steroid dienone is 1. The number of benzene rings is 5. The number of hydrogen-bond acceptors (Lipinski definition) is 5. The molecule has 1 aromatic heterocycles. The number of hydrogen-bond donors (Lipinski definition) is 1. The Balaban J connectivity index is 1.06. The maximum absolute atomic E-state index is 15.0. The fraction of sp³-hybridized carbons (Fsp3) is 0.260. The van der Waals surface area contributed by atoms with Crippen molar-refractivity contribution in [2.75, 3.05) is 62.2 Å². The molecule has 0 unspecified atom stereocenters. The maximum atomic E-state index is 15.0. The number of piperazine rings is 2. The van der Waals surface area contributed by atoms with Crippen LogP contribution in [0.3, 0.4) is 0 Å². The van der Waals surface area contributed by atoms with Gasteiger partial charge < -0.3 is 24.6 Å². The molecule has 308 valence electrons. The van der Waals surface area contributed by atoms with Gasteiger partial charge in [0.25, 0.3) is 0 Å². The van der Waals surface area contributed by atoms with Gasteiger partial charge in [0.2, 0.25) is 5.91 Å². The number of para-hydroxylation sites is 2. The second-order valence-corrected chi connectivity index (χ2v) is 15.7. The molecular formula is C50H51F3N6O. The number of nitrogens with zero attached hydrogens (tertiary/aromatic N) is 5. The zero-order chi connectivity index (χ0) is 41.5. The summed E-state index contributed by atoms with van der Waals surface area (Å²) in [4.78, 5) is 29.7. The summed E-state index contributed by atoms with van der Waals surface area (Å²) < 4.78 is 40.1.